The van der Waals surface area contributed by atoms with E-state index in [-0.39, 0.29) is 10.7 Å². The maximum Gasteiger partial charge on any atom is 0.405 e. The summed E-state index contributed by atoms with van der Waals surface area (Å²) in [6.45, 7) is 0.219. The summed E-state index contributed by atoms with van der Waals surface area (Å²) in [5, 5.41) is 1.81. The fourth-order valence-corrected chi connectivity index (χ4v) is 1.29. The van der Waals surface area contributed by atoms with Crippen molar-refractivity contribution in [1.29, 1.82) is 0 Å². The lowest BCUT2D eigenvalue weighted by Crippen LogP contribution is -2.33. The zero-order valence-corrected chi connectivity index (χ0v) is 8.99. The highest BCUT2D eigenvalue weighted by Crippen LogP contribution is 2.14. The van der Waals surface area contributed by atoms with Gasteiger partial charge in [-0.2, -0.15) is 13.2 Å². The topological polar surface area (TPSA) is 42.0 Å². The Bertz CT molecular complexity index is 386. The zero-order chi connectivity index (χ0) is 12.3. The van der Waals surface area contributed by atoms with Crippen LogP contribution in [0.3, 0.4) is 0 Å². The first-order chi connectivity index (χ1) is 7.28. The predicted octanol–water partition coefficient (Wildman–Crippen LogP) is 2.34. The molecule has 1 aromatic rings. The third kappa shape index (κ3) is 4.06. The molecule has 0 aliphatic rings. The molecule has 0 bridgehead atoms. The highest BCUT2D eigenvalue weighted by atomic mass is 35.5. The number of aryl methyl sites for hydroxylation is 1. The molecule has 1 amide bonds. The number of rotatable bonds is 2. The van der Waals surface area contributed by atoms with E-state index in [4.69, 9.17) is 11.6 Å². The molecule has 0 unspecified atom stereocenters. The van der Waals surface area contributed by atoms with Gasteiger partial charge in [-0.1, -0.05) is 11.6 Å². The highest BCUT2D eigenvalue weighted by molar-refractivity contribution is 6.29. The van der Waals surface area contributed by atoms with Crippen LogP contribution in [0.1, 0.15) is 16.1 Å². The molecular weight excluding hydrogens is 245 g/mol. The number of nitrogens with zero attached hydrogens (tertiary/aromatic N) is 1. The molecule has 88 valence electrons. The molecule has 1 N–H and O–H groups in total. The lowest BCUT2D eigenvalue weighted by Gasteiger charge is -2.08. The summed E-state index contributed by atoms with van der Waals surface area (Å²) in [7, 11) is 0. The van der Waals surface area contributed by atoms with Gasteiger partial charge >= 0.3 is 6.18 Å². The van der Waals surface area contributed by atoms with Crippen LogP contribution in [-0.4, -0.2) is 23.6 Å². The number of pyridine rings is 1. The van der Waals surface area contributed by atoms with Crippen LogP contribution in [-0.2, 0) is 0 Å². The number of nitrogens with one attached hydrogen (secondary N) is 1. The number of aromatic nitrogens is 1. The minimum atomic E-state index is -4.43. The van der Waals surface area contributed by atoms with Crippen LogP contribution in [0.4, 0.5) is 13.2 Å². The smallest absolute Gasteiger partial charge is 0.343 e. The van der Waals surface area contributed by atoms with Crippen molar-refractivity contribution in [3.8, 4) is 0 Å². The van der Waals surface area contributed by atoms with E-state index >= 15 is 0 Å². The Morgan fingerprint density at radius 1 is 1.50 bits per heavy atom. The number of alkyl halides is 3. The molecule has 0 aromatic carbocycles. The predicted molar refractivity (Wildman–Crippen MR) is 52.4 cm³/mol. The number of hydrogen-bond donors (Lipinski definition) is 1. The monoisotopic (exact) mass is 252 g/mol. The van der Waals surface area contributed by atoms with Crippen LogP contribution in [0.2, 0.25) is 5.15 Å². The summed E-state index contributed by atoms with van der Waals surface area (Å²) >= 11 is 5.57. The Labute approximate surface area is 94.6 Å². The quantitative estimate of drug-likeness (QED) is 0.821. The average Bonchev–Trinajstić information content (AvgIpc) is 2.11. The van der Waals surface area contributed by atoms with Crippen LogP contribution in [0.15, 0.2) is 12.1 Å². The molecule has 0 fully saturated rings. The molecule has 1 rings (SSSR count). The van der Waals surface area contributed by atoms with Gasteiger partial charge in [0.25, 0.3) is 5.91 Å². The molecule has 0 atom stereocenters. The normalized spacial score (nSPS) is 11.3. The van der Waals surface area contributed by atoms with Crippen LogP contribution in [0, 0.1) is 6.92 Å². The summed E-state index contributed by atoms with van der Waals surface area (Å²) in [6, 6.07) is 2.57. The van der Waals surface area contributed by atoms with E-state index in [1.807, 2.05) is 0 Å². The van der Waals surface area contributed by atoms with Crippen LogP contribution in [0.25, 0.3) is 0 Å². The summed E-state index contributed by atoms with van der Waals surface area (Å²) in [6.07, 6.45) is -4.43. The third-order valence-corrected chi connectivity index (χ3v) is 1.83. The van der Waals surface area contributed by atoms with Crippen LogP contribution >= 0.6 is 11.6 Å². The van der Waals surface area contributed by atoms with E-state index in [9.17, 15) is 18.0 Å². The van der Waals surface area contributed by atoms with Crippen molar-refractivity contribution in [3.05, 3.63) is 28.5 Å². The number of carbonyl (C=O) groups is 1. The van der Waals surface area contributed by atoms with Crippen molar-refractivity contribution in [2.75, 3.05) is 6.54 Å². The van der Waals surface area contributed by atoms with Gasteiger partial charge in [0.15, 0.2) is 0 Å². The minimum absolute atomic E-state index is 0.0572. The lowest BCUT2D eigenvalue weighted by atomic mass is 10.2. The van der Waals surface area contributed by atoms with Gasteiger partial charge in [0.05, 0.1) is 0 Å². The molecule has 0 saturated carbocycles. The molecule has 0 spiro atoms. The van der Waals surface area contributed by atoms with E-state index in [2.05, 4.69) is 4.98 Å². The van der Waals surface area contributed by atoms with Gasteiger partial charge in [0.2, 0.25) is 0 Å². The first-order valence-electron chi connectivity index (χ1n) is 4.27. The number of hydrogen-bond acceptors (Lipinski definition) is 2. The van der Waals surface area contributed by atoms with Gasteiger partial charge < -0.3 is 5.32 Å². The van der Waals surface area contributed by atoms with Crippen molar-refractivity contribution in [2.24, 2.45) is 0 Å². The van der Waals surface area contributed by atoms with Gasteiger partial charge in [-0.3, -0.25) is 4.79 Å². The van der Waals surface area contributed by atoms with Crippen molar-refractivity contribution in [3.63, 3.8) is 0 Å². The Balaban J connectivity index is 2.73. The summed E-state index contributed by atoms with van der Waals surface area (Å²) < 4.78 is 35.5. The molecule has 3 nitrogen and oxygen atoms in total. The third-order valence-electron chi connectivity index (χ3n) is 1.63. The fraction of sp³-hybridized carbons (Fsp3) is 0.333. The Hall–Kier alpha value is -1.30. The van der Waals surface area contributed by atoms with Gasteiger partial charge in [-0.25, -0.2) is 4.98 Å². The van der Waals surface area contributed by atoms with E-state index in [1.165, 1.54) is 12.1 Å². The first-order valence-corrected chi connectivity index (χ1v) is 4.65. The van der Waals surface area contributed by atoms with Crippen LogP contribution < -0.4 is 5.32 Å². The summed E-state index contributed by atoms with van der Waals surface area (Å²) in [4.78, 5) is 15.1. The van der Waals surface area contributed by atoms with Crippen LogP contribution in [0.5, 0.6) is 0 Å². The second kappa shape index (κ2) is 4.69. The van der Waals surface area contributed by atoms with Gasteiger partial charge in [0.1, 0.15) is 11.7 Å². The Morgan fingerprint density at radius 3 is 2.62 bits per heavy atom. The number of halogens is 4. The fourth-order valence-electron chi connectivity index (χ4n) is 1.04. The molecule has 1 heterocycles. The molecule has 0 saturated heterocycles. The largest absolute Gasteiger partial charge is 0.405 e. The summed E-state index contributed by atoms with van der Waals surface area (Å²) in [5.41, 5.74) is 0.520. The maximum absolute atomic E-state index is 11.8. The Kier molecular flexibility index (Phi) is 3.74. The average molecular weight is 253 g/mol. The number of carbonyl (C=O) groups excluding carboxylic acids is 1. The van der Waals surface area contributed by atoms with Gasteiger partial charge in [-0.15, -0.1) is 0 Å². The molecule has 16 heavy (non-hydrogen) atoms. The van der Waals surface area contributed by atoms with E-state index in [1.54, 1.807) is 12.2 Å². The standard InChI is InChI=1S/C9H8ClF3N2O/c1-5-2-6(3-7(10)15-5)8(16)14-4-9(11,12)13/h2-3H,4H2,1H3,(H,14,16). The summed E-state index contributed by atoms with van der Waals surface area (Å²) in [5.74, 6) is -0.829. The lowest BCUT2D eigenvalue weighted by molar-refractivity contribution is -0.123. The molecule has 7 heteroatoms. The highest BCUT2D eigenvalue weighted by Gasteiger charge is 2.27. The Morgan fingerprint density at radius 2 is 2.12 bits per heavy atom. The molecular formula is C9H8ClF3N2O. The molecule has 1 aromatic heterocycles. The van der Waals surface area contributed by atoms with Crippen molar-refractivity contribution >= 4 is 17.5 Å². The van der Waals surface area contributed by atoms with Crippen molar-refractivity contribution < 1.29 is 18.0 Å². The van der Waals surface area contributed by atoms with E-state index in [0.717, 1.165) is 0 Å². The number of amides is 1. The van der Waals surface area contributed by atoms with E-state index < -0.39 is 18.6 Å². The van der Waals surface area contributed by atoms with Gasteiger partial charge in [-0.05, 0) is 19.1 Å². The molecule has 0 aliphatic carbocycles. The molecule has 0 radical (unpaired) electrons. The zero-order valence-electron chi connectivity index (χ0n) is 8.23. The first kappa shape index (κ1) is 12.8. The molecule has 0 aliphatic heterocycles. The SMILES string of the molecule is Cc1cc(C(=O)NCC(F)(F)F)cc(Cl)n1. The van der Waals surface area contributed by atoms with E-state index in [0.29, 0.717) is 5.69 Å². The van der Waals surface area contributed by atoms with Crippen molar-refractivity contribution in [1.82, 2.24) is 10.3 Å². The second-order valence-corrected chi connectivity index (χ2v) is 3.51. The second-order valence-electron chi connectivity index (χ2n) is 3.12. The van der Waals surface area contributed by atoms with Crippen molar-refractivity contribution in [2.45, 2.75) is 13.1 Å². The minimum Gasteiger partial charge on any atom is -0.343 e. The van der Waals surface area contributed by atoms with Gasteiger partial charge in [0, 0.05) is 11.3 Å². The maximum atomic E-state index is 11.8.